The van der Waals surface area contributed by atoms with E-state index in [0.29, 0.717) is 6.42 Å². The maximum Gasteiger partial charge on any atom is 0.419 e. The fraction of sp³-hybridized carbons (Fsp3) is 0.500. The number of hydrogen-bond donors (Lipinski definition) is 0. The molecule has 0 aliphatic heterocycles. The van der Waals surface area contributed by atoms with Gasteiger partial charge < -0.3 is 14.2 Å². The van der Waals surface area contributed by atoms with Gasteiger partial charge in [0, 0.05) is 35.7 Å². The van der Waals surface area contributed by atoms with Crippen LogP contribution in [0.4, 0.5) is 26.3 Å². The van der Waals surface area contributed by atoms with Crippen molar-refractivity contribution in [3.05, 3.63) is 91.6 Å². The summed E-state index contributed by atoms with van der Waals surface area (Å²) in [5.74, 6) is -7.85. The first-order valence-electron chi connectivity index (χ1n) is 16.7. The highest BCUT2D eigenvalue weighted by molar-refractivity contribution is 5.85. The quantitative estimate of drug-likeness (QED) is 0.117. The van der Waals surface area contributed by atoms with Crippen LogP contribution in [-0.4, -0.2) is 48.5 Å². The molecule has 2 atom stereocenters. The van der Waals surface area contributed by atoms with Crippen LogP contribution in [-0.2, 0) is 26.9 Å². The van der Waals surface area contributed by atoms with E-state index in [-0.39, 0.29) is 41.7 Å². The van der Waals surface area contributed by atoms with Gasteiger partial charge in [-0.3, -0.25) is 14.4 Å². The Bertz CT molecular complexity index is 1760. The second-order valence-electron chi connectivity index (χ2n) is 13.5. The highest BCUT2D eigenvalue weighted by atomic mass is 19.4. The van der Waals surface area contributed by atoms with E-state index in [4.69, 9.17) is 4.74 Å². The van der Waals surface area contributed by atoms with Crippen molar-refractivity contribution >= 4 is 11.8 Å². The molecule has 3 aromatic rings. The molecular weight excluding hydrogens is 662 g/mol. The maximum absolute atomic E-state index is 16.6. The molecule has 0 saturated heterocycles. The first-order chi connectivity index (χ1) is 23.3. The highest BCUT2D eigenvalue weighted by Crippen LogP contribution is 2.44. The van der Waals surface area contributed by atoms with Gasteiger partial charge in [-0.2, -0.15) is 13.2 Å². The highest BCUT2D eigenvalue weighted by Gasteiger charge is 2.40. The number of benzene rings is 2. The van der Waals surface area contributed by atoms with Gasteiger partial charge in [-0.25, -0.2) is 13.2 Å². The Morgan fingerprint density at radius 1 is 0.960 bits per heavy atom. The van der Waals surface area contributed by atoms with Gasteiger partial charge in [0.2, 0.25) is 0 Å². The number of halogens is 6. The predicted molar refractivity (Wildman–Crippen MR) is 181 cm³/mol. The van der Waals surface area contributed by atoms with Crippen molar-refractivity contribution < 1.29 is 40.7 Å². The normalized spacial score (nSPS) is 13.2. The van der Waals surface area contributed by atoms with E-state index in [1.807, 2.05) is 32.8 Å². The van der Waals surface area contributed by atoms with Crippen molar-refractivity contribution in [2.75, 3.05) is 27.2 Å². The van der Waals surface area contributed by atoms with E-state index in [0.717, 1.165) is 30.2 Å². The third-order valence-corrected chi connectivity index (χ3v) is 8.84. The van der Waals surface area contributed by atoms with Crippen LogP contribution in [0.25, 0.3) is 11.1 Å². The SMILES string of the molecule is CCOC(=O)C[C@H](CC(=O)C(CC(C)C)n1cc(CCCN(C)C)c(C)cc1=O)c1c(F)c(-c2c(C)ccc(F)c2C)cc(C(F)(F)F)c1F. The Labute approximate surface area is 289 Å². The summed E-state index contributed by atoms with van der Waals surface area (Å²) < 4.78 is 96.7. The Kier molecular flexibility index (Phi) is 13.7. The number of pyridine rings is 1. The summed E-state index contributed by atoms with van der Waals surface area (Å²) in [6.45, 7) is 10.2. The molecule has 0 amide bonds. The largest absolute Gasteiger partial charge is 0.466 e. The maximum atomic E-state index is 16.6. The van der Waals surface area contributed by atoms with Gasteiger partial charge in [0.1, 0.15) is 17.5 Å². The number of hydrogen-bond acceptors (Lipinski definition) is 5. The minimum absolute atomic E-state index is 0.131. The van der Waals surface area contributed by atoms with Crippen molar-refractivity contribution in [2.24, 2.45) is 5.92 Å². The Hall–Kier alpha value is -3.93. The summed E-state index contributed by atoms with van der Waals surface area (Å²) in [5, 5.41) is 0. The first kappa shape index (κ1) is 40.5. The van der Waals surface area contributed by atoms with E-state index >= 15 is 8.78 Å². The summed E-state index contributed by atoms with van der Waals surface area (Å²) in [6.07, 6.45) is -3.85. The summed E-state index contributed by atoms with van der Waals surface area (Å²) in [4.78, 5) is 42.4. The number of ketones is 1. The molecule has 12 heteroatoms. The lowest BCUT2D eigenvalue weighted by Gasteiger charge is -2.26. The molecule has 0 spiro atoms. The van der Waals surface area contributed by atoms with Gasteiger partial charge in [0.05, 0.1) is 24.6 Å². The molecule has 274 valence electrons. The van der Waals surface area contributed by atoms with Crippen molar-refractivity contribution in [3.8, 4) is 11.1 Å². The van der Waals surface area contributed by atoms with Crippen molar-refractivity contribution in [1.29, 1.82) is 0 Å². The molecule has 1 unspecified atom stereocenters. The van der Waals surface area contributed by atoms with Gasteiger partial charge in [-0.15, -0.1) is 0 Å². The second kappa shape index (κ2) is 16.9. The topological polar surface area (TPSA) is 68.6 Å². The first-order valence-corrected chi connectivity index (χ1v) is 16.7. The lowest BCUT2D eigenvalue weighted by molar-refractivity contribution is -0.143. The zero-order chi connectivity index (χ0) is 37.7. The zero-order valence-electron chi connectivity index (χ0n) is 29.9. The van der Waals surface area contributed by atoms with Crippen LogP contribution in [0.15, 0.2) is 35.3 Å². The molecule has 1 aromatic heterocycles. The number of rotatable bonds is 15. The minimum Gasteiger partial charge on any atom is -0.466 e. The van der Waals surface area contributed by atoms with Gasteiger partial charge in [-0.1, -0.05) is 19.9 Å². The number of aryl methyl sites for hydroxylation is 3. The molecule has 0 N–H and O–H groups in total. The zero-order valence-corrected chi connectivity index (χ0v) is 29.9. The minimum atomic E-state index is -5.31. The number of nitrogens with zero attached hydrogens (tertiary/aromatic N) is 2. The van der Waals surface area contributed by atoms with Crippen LogP contribution in [0, 0.1) is 44.1 Å². The number of carbonyl (C=O) groups is 2. The molecular formula is C38H46F6N2O4. The van der Waals surface area contributed by atoms with Crippen LogP contribution >= 0.6 is 0 Å². The Morgan fingerprint density at radius 3 is 2.20 bits per heavy atom. The average molecular weight is 709 g/mol. The van der Waals surface area contributed by atoms with Crippen molar-refractivity contribution in [3.63, 3.8) is 0 Å². The molecule has 2 aromatic carbocycles. The Morgan fingerprint density at radius 2 is 1.62 bits per heavy atom. The second-order valence-corrected chi connectivity index (χ2v) is 13.5. The van der Waals surface area contributed by atoms with Crippen LogP contribution < -0.4 is 5.56 Å². The van der Waals surface area contributed by atoms with Crippen LogP contribution in [0.1, 0.15) is 91.8 Å². The molecule has 0 saturated carbocycles. The monoisotopic (exact) mass is 708 g/mol. The van der Waals surface area contributed by atoms with E-state index < -0.39 is 82.4 Å². The molecule has 0 bridgehead atoms. The van der Waals surface area contributed by atoms with Crippen LogP contribution in [0.5, 0.6) is 0 Å². The van der Waals surface area contributed by atoms with Crippen LogP contribution in [0.3, 0.4) is 0 Å². The number of Topliss-reactive ketones (excluding diaryl/α,β-unsaturated/α-hetero) is 1. The third kappa shape index (κ3) is 9.64. The number of ether oxygens (including phenoxy) is 1. The van der Waals surface area contributed by atoms with Crippen molar-refractivity contribution in [1.82, 2.24) is 9.47 Å². The molecule has 0 radical (unpaired) electrons. The molecule has 0 aliphatic carbocycles. The van der Waals surface area contributed by atoms with Gasteiger partial charge in [-0.05, 0) is 113 Å². The van der Waals surface area contributed by atoms with E-state index in [9.17, 15) is 31.9 Å². The molecule has 3 rings (SSSR count). The number of alkyl halides is 3. The smallest absolute Gasteiger partial charge is 0.419 e. The van der Waals surface area contributed by atoms with Gasteiger partial charge in [0.15, 0.2) is 5.78 Å². The number of esters is 1. The van der Waals surface area contributed by atoms with E-state index in [1.165, 1.54) is 37.5 Å². The average Bonchev–Trinajstić information content (AvgIpc) is 2.99. The number of aromatic nitrogens is 1. The van der Waals surface area contributed by atoms with Crippen LogP contribution in [0.2, 0.25) is 0 Å². The standard InChI is InChI=1S/C38H46F6N2O4/c1-9-50-33(49)18-26(17-31(47)30(15-21(2)3)46-20-25(11-10-14-45(7)8)23(5)16-32(46)48)35-36(40)27(19-28(37(35)41)38(42,43)44)34-22(4)12-13-29(39)24(34)6/h12-13,16,19-21,26,30H,9-11,14-15,17-18H2,1-8H3/t26-,30?/m0/s1. The Balaban J connectivity index is 2.27. The molecule has 0 fully saturated rings. The number of carbonyl (C=O) groups excluding carboxylic acids is 2. The fourth-order valence-corrected chi connectivity index (χ4v) is 6.34. The fourth-order valence-electron chi connectivity index (χ4n) is 6.34. The molecule has 1 heterocycles. The lowest BCUT2D eigenvalue weighted by atomic mass is 9.83. The summed E-state index contributed by atoms with van der Waals surface area (Å²) in [5.41, 5.74) is -2.78. The lowest BCUT2D eigenvalue weighted by Crippen LogP contribution is -2.32. The molecule has 50 heavy (non-hydrogen) atoms. The third-order valence-electron chi connectivity index (χ3n) is 8.84. The van der Waals surface area contributed by atoms with Gasteiger partial charge in [0.25, 0.3) is 5.56 Å². The summed E-state index contributed by atoms with van der Waals surface area (Å²) in [7, 11) is 3.86. The van der Waals surface area contributed by atoms with E-state index in [2.05, 4.69) is 0 Å². The van der Waals surface area contributed by atoms with Crippen molar-refractivity contribution in [2.45, 2.75) is 91.8 Å². The summed E-state index contributed by atoms with van der Waals surface area (Å²) >= 11 is 0. The van der Waals surface area contributed by atoms with E-state index in [1.54, 1.807) is 13.1 Å². The summed E-state index contributed by atoms with van der Waals surface area (Å²) in [6, 6.07) is 2.89. The molecule has 6 nitrogen and oxygen atoms in total. The predicted octanol–water partition coefficient (Wildman–Crippen LogP) is 8.65. The molecule has 0 aliphatic rings. The van der Waals surface area contributed by atoms with Gasteiger partial charge >= 0.3 is 12.1 Å².